The standard InChI is InChI=1S/C18H25N3O2S/c1-5-21(6-2)11-12-24-18-10-8-15(19-20-18)14-7-9-16(22-3)17(13-14)23-4/h7-10,13H,5-6,11-12H2,1-4H3/p+1. The lowest BCUT2D eigenvalue weighted by molar-refractivity contribution is -0.893. The van der Waals surface area contributed by atoms with Crippen LogP contribution in [0.25, 0.3) is 11.3 Å². The van der Waals surface area contributed by atoms with Gasteiger partial charge in [-0.25, -0.2) is 0 Å². The summed E-state index contributed by atoms with van der Waals surface area (Å²) in [5.41, 5.74) is 1.79. The molecule has 0 atom stereocenters. The third-order valence-corrected chi connectivity index (χ3v) is 4.95. The Morgan fingerprint density at radius 1 is 0.958 bits per heavy atom. The van der Waals surface area contributed by atoms with Gasteiger partial charge in [0.2, 0.25) is 0 Å². The molecule has 0 saturated heterocycles. The lowest BCUT2D eigenvalue weighted by Crippen LogP contribution is -3.11. The minimum absolute atomic E-state index is 0.692. The molecule has 0 fully saturated rings. The van der Waals surface area contributed by atoms with E-state index in [1.807, 2.05) is 30.3 Å². The predicted molar refractivity (Wildman–Crippen MR) is 98.2 cm³/mol. The number of thioether (sulfide) groups is 1. The quantitative estimate of drug-likeness (QED) is 0.704. The molecule has 0 aliphatic heterocycles. The maximum absolute atomic E-state index is 5.34. The zero-order valence-corrected chi connectivity index (χ0v) is 15.7. The van der Waals surface area contributed by atoms with E-state index >= 15 is 0 Å². The lowest BCUT2D eigenvalue weighted by Gasteiger charge is -2.14. The highest BCUT2D eigenvalue weighted by molar-refractivity contribution is 7.99. The fourth-order valence-corrected chi connectivity index (χ4v) is 3.31. The topological polar surface area (TPSA) is 48.7 Å². The van der Waals surface area contributed by atoms with Crippen LogP contribution in [0.2, 0.25) is 0 Å². The van der Waals surface area contributed by atoms with Crippen LogP contribution in [0.1, 0.15) is 13.8 Å². The van der Waals surface area contributed by atoms with E-state index in [1.54, 1.807) is 30.9 Å². The Bertz CT molecular complexity index is 631. The summed E-state index contributed by atoms with van der Waals surface area (Å²) >= 11 is 1.76. The van der Waals surface area contributed by atoms with Gasteiger partial charge < -0.3 is 14.4 Å². The molecule has 1 N–H and O–H groups in total. The van der Waals surface area contributed by atoms with Crippen molar-refractivity contribution in [1.82, 2.24) is 10.2 Å². The number of benzene rings is 1. The molecule has 0 spiro atoms. The molecule has 1 heterocycles. The second kappa shape index (κ2) is 9.49. The van der Waals surface area contributed by atoms with E-state index in [0.717, 1.165) is 28.6 Å². The zero-order valence-electron chi connectivity index (χ0n) is 14.8. The van der Waals surface area contributed by atoms with Crippen molar-refractivity contribution in [1.29, 1.82) is 0 Å². The van der Waals surface area contributed by atoms with Crippen LogP contribution in [0.4, 0.5) is 0 Å². The first-order valence-corrected chi connectivity index (χ1v) is 9.22. The summed E-state index contributed by atoms with van der Waals surface area (Å²) in [5, 5.41) is 9.64. The summed E-state index contributed by atoms with van der Waals surface area (Å²) in [6.07, 6.45) is 0. The van der Waals surface area contributed by atoms with Gasteiger partial charge in [0, 0.05) is 11.3 Å². The van der Waals surface area contributed by atoms with Crippen molar-refractivity contribution in [3.8, 4) is 22.8 Å². The van der Waals surface area contributed by atoms with E-state index in [9.17, 15) is 0 Å². The van der Waals surface area contributed by atoms with E-state index in [2.05, 4.69) is 24.0 Å². The molecule has 1 aromatic carbocycles. The summed E-state index contributed by atoms with van der Waals surface area (Å²) in [5.74, 6) is 2.46. The molecule has 0 amide bonds. The largest absolute Gasteiger partial charge is 0.493 e. The van der Waals surface area contributed by atoms with Crippen molar-refractivity contribution in [2.75, 3.05) is 39.6 Å². The Morgan fingerprint density at radius 3 is 2.29 bits per heavy atom. The van der Waals surface area contributed by atoms with E-state index in [1.165, 1.54) is 13.1 Å². The molecular weight excluding hydrogens is 322 g/mol. The molecule has 1 aromatic heterocycles. The van der Waals surface area contributed by atoms with E-state index < -0.39 is 0 Å². The summed E-state index contributed by atoms with van der Waals surface area (Å²) in [6, 6.07) is 9.79. The van der Waals surface area contributed by atoms with Gasteiger partial charge in [0.25, 0.3) is 0 Å². The summed E-state index contributed by atoms with van der Waals surface area (Å²) in [7, 11) is 3.26. The molecule has 2 aromatic rings. The van der Waals surface area contributed by atoms with Crippen LogP contribution >= 0.6 is 11.8 Å². The van der Waals surface area contributed by atoms with E-state index in [4.69, 9.17) is 9.47 Å². The van der Waals surface area contributed by atoms with Crippen LogP contribution in [0.5, 0.6) is 11.5 Å². The number of hydrogen-bond acceptors (Lipinski definition) is 5. The van der Waals surface area contributed by atoms with Crippen LogP contribution in [0, 0.1) is 0 Å². The molecule has 24 heavy (non-hydrogen) atoms. The van der Waals surface area contributed by atoms with Crippen LogP contribution in [0.15, 0.2) is 35.4 Å². The predicted octanol–water partition coefficient (Wildman–Crippen LogP) is 2.18. The molecule has 0 saturated carbocycles. The third-order valence-electron chi connectivity index (χ3n) is 4.02. The van der Waals surface area contributed by atoms with Gasteiger partial charge in [-0.05, 0) is 44.2 Å². The molecule has 0 aliphatic carbocycles. The molecule has 6 heteroatoms. The van der Waals surface area contributed by atoms with Gasteiger partial charge >= 0.3 is 0 Å². The van der Waals surface area contributed by atoms with Gasteiger partial charge in [-0.2, -0.15) is 0 Å². The van der Waals surface area contributed by atoms with Gasteiger partial charge in [0.1, 0.15) is 5.03 Å². The highest BCUT2D eigenvalue weighted by Crippen LogP contribution is 2.31. The molecule has 130 valence electrons. The van der Waals surface area contributed by atoms with Gasteiger partial charge in [0.05, 0.1) is 39.5 Å². The molecule has 5 nitrogen and oxygen atoms in total. The average Bonchev–Trinajstić information content (AvgIpc) is 2.65. The van der Waals surface area contributed by atoms with Gasteiger partial charge in [-0.15, -0.1) is 10.2 Å². The average molecular weight is 348 g/mol. The first-order valence-electron chi connectivity index (χ1n) is 8.24. The number of hydrogen-bond donors (Lipinski definition) is 1. The van der Waals surface area contributed by atoms with Gasteiger partial charge in [-0.3, -0.25) is 0 Å². The molecular formula is C18H26N3O2S+. The molecule has 0 radical (unpaired) electrons. The number of aromatic nitrogens is 2. The van der Waals surface area contributed by atoms with Crippen LogP contribution in [0.3, 0.4) is 0 Å². The lowest BCUT2D eigenvalue weighted by atomic mass is 10.1. The minimum Gasteiger partial charge on any atom is -0.493 e. The molecule has 0 aliphatic rings. The zero-order chi connectivity index (χ0) is 17.4. The highest BCUT2D eigenvalue weighted by Gasteiger charge is 2.08. The maximum Gasteiger partial charge on any atom is 0.161 e. The number of nitrogens with zero attached hydrogens (tertiary/aromatic N) is 2. The van der Waals surface area contributed by atoms with Crippen LogP contribution < -0.4 is 14.4 Å². The van der Waals surface area contributed by atoms with Crippen LogP contribution in [-0.2, 0) is 0 Å². The fraction of sp³-hybridized carbons (Fsp3) is 0.444. The fourth-order valence-electron chi connectivity index (χ4n) is 2.45. The monoisotopic (exact) mass is 348 g/mol. The second-order valence-electron chi connectivity index (χ2n) is 5.38. The minimum atomic E-state index is 0.692. The number of methoxy groups -OCH3 is 2. The number of rotatable bonds is 9. The first-order chi connectivity index (χ1) is 11.7. The SMILES string of the molecule is CC[NH+](CC)CCSc1ccc(-c2ccc(OC)c(OC)c2)nn1. The van der Waals surface area contributed by atoms with Crippen molar-refractivity contribution in [2.24, 2.45) is 0 Å². The van der Waals surface area contributed by atoms with Crippen LogP contribution in [-0.4, -0.2) is 49.8 Å². The summed E-state index contributed by atoms with van der Waals surface area (Å²) in [4.78, 5) is 1.61. The van der Waals surface area contributed by atoms with Crippen molar-refractivity contribution in [3.05, 3.63) is 30.3 Å². The normalized spacial score (nSPS) is 10.9. The Morgan fingerprint density at radius 2 is 1.71 bits per heavy atom. The highest BCUT2D eigenvalue weighted by atomic mass is 32.2. The van der Waals surface area contributed by atoms with Crippen molar-refractivity contribution in [3.63, 3.8) is 0 Å². The summed E-state index contributed by atoms with van der Waals surface area (Å²) < 4.78 is 10.6. The first kappa shape index (κ1) is 18.5. The van der Waals surface area contributed by atoms with Crippen molar-refractivity contribution < 1.29 is 14.4 Å². The summed E-state index contributed by atoms with van der Waals surface area (Å²) in [6.45, 7) is 7.93. The third kappa shape index (κ3) is 4.85. The Kier molecular flexibility index (Phi) is 7.34. The second-order valence-corrected chi connectivity index (χ2v) is 6.50. The van der Waals surface area contributed by atoms with E-state index in [0.29, 0.717) is 11.5 Å². The Balaban J connectivity index is 2.01. The van der Waals surface area contributed by atoms with Gasteiger partial charge in [0.15, 0.2) is 11.5 Å². The number of quaternary nitrogens is 1. The maximum atomic E-state index is 5.34. The Labute approximate surface area is 148 Å². The Hall–Kier alpha value is -1.79. The van der Waals surface area contributed by atoms with Crippen molar-refractivity contribution in [2.45, 2.75) is 18.9 Å². The smallest absolute Gasteiger partial charge is 0.161 e. The van der Waals surface area contributed by atoms with Crippen molar-refractivity contribution >= 4 is 11.8 Å². The molecule has 0 unspecified atom stereocenters. The molecule has 0 bridgehead atoms. The van der Waals surface area contributed by atoms with Gasteiger partial charge in [-0.1, -0.05) is 11.8 Å². The van der Waals surface area contributed by atoms with E-state index in [-0.39, 0.29) is 0 Å². The molecule has 2 rings (SSSR count). The number of nitrogens with one attached hydrogen (secondary N) is 1. The number of ether oxygens (including phenoxy) is 2.